The van der Waals surface area contributed by atoms with Crippen molar-refractivity contribution >= 4 is 5.91 Å². The van der Waals surface area contributed by atoms with Crippen molar-refractivity contribution in [2.24, 2.45) is 0 Å². The second-order valence-corrected chi connectivity index (χ2v) is 11.1. The number of H-pyrrole nitrogens is 1. The van der Waals surface area contributed by atoms with Gasteiger partial charge in [-0.3, -0.25) is 9.59 Å². The van der Waals surface area contributed by atoms with E-state index in [-0.39, 0.29) is 24.1 Å². The molecule has 3 aromatic rings. The number of carbonyl (C=O) groups is 1. The quantitative estimate of drug-likeness (QED) is 0.495. The van der Waals surface area contributed by atoms with Crippen LogP contribution in [-0.2, 0) is 13.0 Å². The maximum absolute atomic E-state index is 14.1. The van der Waals surface area contributed by atoms with Gasteiger partial charge in [-0.25, -0.2) is 4.98 Å². The zero-order chi connectivity index (χ0) is 27.8. The highest BCUT2D eigenvalue weighted by atomic mass is 16.5. The number of aromatic amines is 1. The largest absolute Gasteiger partial charge is 0.491 e. The fourth-order valence-corrected chi connectivity index (χ4v) is 6.17. The zero-order valence-corrected chi connectivity index (χ0v) is 23.8. The molecule has 1 aliphatic heterocycles. The Bertz CT molecular complexity index is 1420. The van der Waals surface area contributed by atoms with E-state index in [0.717, 1.165) is 53.8 Å². The van der Waals surface area contributed by atoms with Gasteiger partial charge in [0.05, 0.1) is 37.3 Å². The van der Waals surface area contributed by atoms with Gasteiger partial charge < -0.3 is 28.8 Å². The predicted octanol–water partition coefficient (Wildman–Crippen LogP) is 3.94. The number of nitrogens with one attached hydrogen (secondary N) is 1. The van der Waals surface area contributed by atoms with Crippen molar-refractivity contribution in [2.75, 3.05) is 27.7 Å². The number of rotatable bonds is 7. The molecule has 39 heavy (non-hydrogen) atoms. The van der Waals surface area contributed by atoms with Gasteiger partial charge in [0.15, 0.2) is 11.5 Å². The van der Waals surface area contributed by atoms with Gasteiger partial charge in [-0.1, -0.05) is 0 Å². The molecule has 1 amide bonds. The van der Waals surface area contributed by atoms with Crippen LogP contribution >= 0.6 is 0 Å². The Kier molecular flexibility index (Phi) is 7.53. The minimum atomic E-state index is -0.144. The second kappa shape index (κ2) is 10.9. The summed E-state index contributed by atoms with van der Waals surface area (Å²) < 4.78 is 14.6. The lowest BCUT2D eigenvalue weighted by Crippen LogP contribution is -2.40. The highest BCUT2D eigenvalue weighted by Crippen LogP contribution is 2.45. The number of nitrogens with zero attached hydrogens (tertiary/aromatic N) is 4. The molecule has 2 aliphatic rings. The molecule has 9 heteroatoms. The first-order chi connectivity index (χ1) is 18.7. The molecule has 9 nitrogen and oxygen atoms in total. The highest BCUT2D eigenvalue weighted by molar-refractivity contribution is 6.01. The van der Waals surface area contributed by atoms with Crippen LogP contribution in [0.3, 0.4) is 0 Å². The molecule has 0 spiro atoms. The Labute approximate surface area is 229 Å². The Balaban J connectivity index is 1.56. The number of aromatic nitrogens is 3. The number of pyridine rings is 1. The van der Waals surface area contributed by atoms with E-state index in [1.54, 1.807) is 24.5 Å². The van der Waals surface area contributed by atoms with Crippen LogP contribution in [-0.4, -0.2) is 70.1 Å². The van der Waals surface area contributed by atoms with Gasteiger partial charge in [0.2, 0.25) is 0 Å². The average Bonchev–Trinajstić information content (AvgIpc) is 3.43. The van der Waals surface area contributed by atoms with E-state index in [1.807, 2.05) is 37.6 Å². The van der Waals surface area contributed by atoms with Crippen molar-refractivity contribution in [3.8, 4) is 17.2 Å². The van der Waals surface area contributed by atoms with Crippen LogP contribution in [0.5, 0.6) is 11.5 Å². The van der Waals surface area contributed by atoms with Crippen LogP contribution in [0.4, 0.5) is 0 Å². The molecule has 1 aliphatic carbocycles. The minimum absolute atomic E-state index is 0.0473. The fraction of sp³-hybridized carbons (Fsp3) is 0.500. The molecule has 1 aromatic carbocycles. The molecule has 208 valence electrons. The van der Waals surface area contributed by atoms with Gasteiger partial charge in [0.1, 0.15) is 0 Å². The monoisotopic (exact) mass is 533 g/mol. The lowest BCUT2D eigenvalue weighted by Gasteiger charge is -2.35. The lowest BCUT2D eigenvalue weighted by atomic mass is 9.90. The number of fused-ring (bicyclic) bond motifs is 1. The predicted molar refractivity (Wildman–Crippen MR) is 150 cm³/mol. The van der Waals surface area contributed by atoms with Crippen molar-refractivity contribution < 1.29 is 14.3 Å². The average molecular weight is 534 g/mol. The highest BCUT2D eigenvalue weighted by Gasteiger charge is 2.35. The molecule has 0 unspecified atom stereocenters. The van der Waals surface area contributed by atoms with Crippen LogP contribution in [0, 0.1) is 20.8 Å². The fourth-order valence-electron chi connectivity index (χ4n) is 6.17. The van der Waals surface area contributed by atoms with E-state index in [1.165, 1.54) is 0 Å². The number of amides is 1. The molecule has 0 atom stereocenters. The Morgan fingerprint density at radius 1 is 1.10 bits per heavy atom. The number of ether oxygens (including phenoxy) is 2. The summed E-state index contributed by atoms with van der Waals surface area (Å²) in [6, 6.07) is 2.50. The van der Waals surface area contributed by atoms with E-state index in [2.05, 4.69) is 29.0 Å². The molecule has 0 radical (unpaired) electrons. The van der Waals surface area contributed by atoms with Crippen molar-refractivity contribution in [1.82, 2.24) is 24.3 Å². The first kappa shape index (κ1) is 27.0. The Morgan fingerprint density at radius 2 is 1.85 bits per heavy atom. The van der Waals surface area contributed by atoms with Gasteiger partial charge in [0, 0.05) is 41.8 Å². The molecule has 1 saturated carbocycles. The third-order valence-corrected chi connectivity index (χ3v) is 8.33. The van der Waals surface area contributed by atoms with Gasteiger partial charge >= 0.3 is 0 Å². The van der Waals surface area contributed by atoms with Crippen molar-refractivity contribution in [1.29, 1.82) is 0 Å². The van der Waals surface area contributed by atoms with E-state index in [9.17, 15) is 9.59 Å². The lowest BCUT2D eigenvalue weighted by molar-refractivity contribution is 0.0721. The molecular weight excluding hydrogens is 494 g/mol. The smallest absolute Gasteiger partial charge is 0.254 e. The van der Waals surface area contributed by atoms with Gasteiger partial charge in [-0.15, -0.1) is 0 Å². The molecule has 1 N–H and O–H groups in total. The van der Waals surface area contributed by atoms with Crippen molar-refractivity contribution in [3.05, 3.63) is 68.7 Å². The first-order valence-corrected chi connectivity index (χ1v) is 13.7. The van der Waals surface area contributed by atoms with Crippen LogP contribution in [0.2, 0.25) is 0 Å². The van der Waals surface area contributed by atoms with Crippen molar-refractivity contribution in [3.63, 3.8) is 0 Å². The second-order valence-electron chi connectivity index (χ2n) is 11.1. The minimum Gasteiger partial charge on any atom is -0.491 e. The summed E-state index contributed by atoms with van der Waals surface area (Å²) >= 11 is 0. The van der Waals surface area contributed by atoms with Gasteiger partial charge in [-0.2, -0.15) is 0 Å². The van der Waals surface area contributed by atoms with Gasteiger partial charge in [-0.05, 0) is 84.2 Å². The van der Waals surface area contributed by atoms with Crippen LogP contribution in [0.15, 0.2) is 29.6 Å². The number of hydrogen-bond acceptors (Lipinski definition) is 6. The number of hydrogen-bond donors (Lipinski definition) is 1. The van der Waals surface area contributed by atoms with E-state index in [0.29, 0.717) is 41.6 Å². The zero-order valence-electron chi connectivity index (χ0n) is 23.8. The first-order valence-electron chi connectivity index (χ1n) is 13.7. The molecule has 5 rings (SSSR count). The SMILES string of the molecule is COc1c(OC2CCC(N(C)C)CC2)c(C)c2c(c1-n1ccnc1)CCN(Cc1c(C)cc(C)[nH]c1=O)C2=O. The number of benzene rings is 1. The maximum Gasteiger partial charge on any atom is 0.254 e. The summed E-state index contributed by atoms with van der Waals surface area (Å²) in [6.07, 6.45) is 10.0. The van der Waals surface area contributed by atoms with Crippen LogP contribution in [0.1, 0.15) is 64.0 Å². The summed E-state index contributed by atoms with van der Waals surface area (Å²) in [4.78, 5) is 38.0. The summed E-state index contributed by atoms with van der Waals surface area (Å²) in [7, 11) is 5.91. The molecule has 2 aromatic heterocycles. The Hall–Kier alpha value is -3.59. The third kappa shape index (κ3) is 5.07. The van der Waals surface area contributed by atoms with Gasteiger partial charge in [0.25, 0.3) is 11.5 Å². The Morgan fingerprint density at radius 3 is 2.46 bits per heavy atom. The molecule has 0 bridgehead atoms. The van der Waals surface area contributed by atoms with E-state index < -0.39 is 0 Å². The van der Waals surface area contributed by atoms with E-state index in [4.69, 9.17) is 9.47 Å². The molecule has 3 heterocycles. The normalized spacial score (nSPS) is 19.4. The van der Waals surface area contributed by atoms with E-state index >= 15 is 0 Å². The summed E-state index contributed by atoms with van der Waals surface area (Å²) in [5.41, 5.74) is 5.30. The summed E-state index contributed by atoms with van der Waals surface area (Å²) in [5.74, 6) is 1.15. The third-order valence-electron chi connectivity index (χ3n) is 8.33. The van der Waals surface area contributed by atoms with Crippen LogP contribution < -0.4 is 15.0 Å². The standard InChI is InChI=1S/C30H39N5O4/c1-18-15-19(2)32-29(36)24(18)16-34-13-11-23-25(30(34)37)20(3)27(28(38-6)26(23)35-14-12-31-17-35)39-22-9-7-21(8-10-22)33(4)5/h12,14-15,17,21-22H,7-11,13,16H2,1-6H3,(H,32,36). The number of imidazole rings is 1. The van der Waals surface area contributed by atoms with Crippen molar-refractivity contribution in [2.45, 2.75) is 71.6 Å². The molecular formula is C30H39N5O4. The van der Waals surface area contributed by atoms with Crippen LogP contribution in [0.25, 0.3) is 5.69 Å². The maximum atomic E-state index is 14.1. The summed E-state index contributed by atoms with van der Waals surface area (Å²) in [5, 5.41) is 0. The topological polar surface area (TPSA) is 92.7 Å². The number of aryl methyl sites for hydroxylation is 2. The molecule has 1 fully saturated rings. The summed E-state index contributed by atoms with van der Waals surface area (Å²) in [6.45, 7) is 6.49. The number of methoxy groups -OCH3 is 1. The molecule has 0 saturated heterocycles. The number of carbonyl (C=O) groups excluding carboxylic acids is 1.